The van der Waals surface area contributed by atoms with Crippen LogP contribution in [0.15, 0.2) is 109 Å². The summed E-state index contributed by atoms with van der Waals surface area (Å²) in [6.45, 7) is 10.7. The van der Waals surface area contributed by atoms with Crippen LogP contribution in [0, 0.1) is 0 Å². The SMILES string of the molecule is CC(C)c1cccc(C(C)C)c1NC(=O)NCC(c1ccccc1)N(Cc1ccccc1)Cc1ccccc1. The fourth-order valence-electron chi connectivity index (χ4n) is 5.09. The second kappa shape index (κ2) is 13.8. The van der Waals surface area contributed by atoms with Crippen molar-refractivity contribution >= 4 is 11.7 Å². The van der Waals surface area contributed by atoms with Crippen LogP contribution < -0.4 is 10.6 Å². The van der Waals surface area contributed by atoms with Gasteiger partial charge in [0.1, 0.15) is 0 Å². The van der Waals surface area contributed by atoms with Crippen LogP contribution in [0.25, 0.3) is 0 Å². The molecule has 0 aliphatic rings. The van der Waals surface area contributed by atoms with Crippen LogP contribution in [0.5, 0.6) is 0 Å². The molecule has 202 valence electrons. The molecule has 2 N–H and O–H groups in total. The van der Waals surface area contributed by atoms with Crippen molar-refractivity contribution in [1.29, 1.82) is 0 Å². The number of nitrogens with zero attached hydrogens (tertiary/aromatic N) is 1. The molecule has 4 aromatic carbocycles. The number of urea groups is 1. The second-order valence-corrected chi connectivity index (χ2v) is 10.8. The van der Waals surface area contributed by atoms with E-state index in [4.69, 9.17) is 0 Å². The van der Waals surface area contributed by atoms with Crippen LogP contribution in [0.1, 0.15) is 73.4 Å². The Bertz CT molecular complexity index is 1240. The molecular weight excluding hydrogens is 478 g/mol. The van der Waals surface area contributed by atoms with Gasteiger partial charge in [-0.3, -0.25) is 4.90 Å². The summed E-state index contributed by atoms with van der Waals surface area (Å²) < 4.78 is 0. The van der Waals surface area contributed by atoms with Crippen molar-refractivity contribution in [3.63, 3.8) is 0 Å². The number of carbonyl (C=O) groups excluding carboxylic acids is 1. The minimum absolute atomic E-state index is 0.0118. The Morgan fingerprint density at radius 3 is 1.56 bits per heavy atom. The van der Waals surface area contributed by atoms with Gasteiger partial charge in [0.25, 0.3) is 0 Å². The predicted octanol–water partition coefficient (Wildman–Crippen LogP) is 8.50. The fourth-order valence-corrected chi connectivity index (χ4v) is 5.09. The van der Waals surface area contributed by atoms with Crippen molar-refractivity contribution in [3.05, 3.63) is 137 Å². The number of para-hydroxylation sites is 1. The van der Waals surface area contributed by atoms with E-state index in [0.29, 0.717) is 18.4 Å². The van der Waals surface area contributed by atoms with Crippen molar-refractivity contribution in [2.45, 2.75) is 58.7 Å². The number of rotatable bonds is 11. The molecule has 4 aromatic rings. The van der Waals surface area contributed by atoms with Gasteiger partial charge in [-0.1, -0.05) is 137 Å². The Morgan fingerprint density at radius 1 is 0.641 bits per heavy atom. The molecule has 39 heavy (non-hydrogen) atoms. The molecule has 0 aliphatic carbocycles. The summed E-state index contributed by atoms with van der Waals surface area (Å²) >= 11 is 0. The first kappa shape index (κ1) is 28.1. The van der Waals surface area contributed by atoms with Crippen LogP contribution >= 0.6 is 0 Å². The molecule has 1 atom stereocenters. The summed E-state index contributed by atoms with van der Waals surface area (Å²) in [5.74, 6) is 0.617. The van der Waals surface area contributed by atoms with Gasteiger partial charge in [-0.2, -0.15) is 0 Å². The number of amides is 2. The molecule has 0 aliphatic heterocycles. The van der Waals surface area contributed by atoms with Crippen molar-refractivity contribution in [2.24, 2.45) is 0 Å². The molecule has 0 heterocycles. The molecule has 0 bridgehead atoms. The predicted molar refractivity (Wildman–Crippen MR) is 163 cm³/mol. The molecule has 0 spiro atoms. The summed E-state index contributed by atoms with van der Waals surface area (Å²) in [5.41, 5.74) is 6.91. The van der Waals surface area contributed by atoms with Gasteiger partial charge >= 0.3 is 6.03 Å². The standard InChI is InChI=1S/C35H41N3O/c1-26(2)31-21-14-22-32(27(3)4)34(31)37-35(39)36-23-33(30-19-12-7-13-20-30)38(24-28-15-8-5-9-16-28)25-29-17-10-6-11-18-29/h5-22,26-27,33H,23-25H2,1-4H3,(H2,36,37,39). The van der Waals surface area contributed by atoms with Gasteiger partial charge in [0.05, 0.1) is 6.04 Å². The van der Waals surface area contributed by atoms with E-state index < -0.39 is 0 Å². The largest absolute Gasteiger partial charge is 0.336 e. The Hall–Kier alpha value is -3.89. The summed E-state index contributed by atoms with van der Waals surface area (Å²) in [5, 5.41) is 6.44. The Kier molecular flexibility index (Phi) is 9.93. The monoisotopic (exact) mass is 519 g/mol. The number of anilines is 1. The van der Waals surface area contributed by atoms with Crippen LogP contribution in [0.3, 0.4) is 0 Å². The summed E-state index contributed by atoms with van der Waals surface area (Å²) in [6, 6.07) is 37.7. The Balaban J connectivity index is 1.60. The molecular formula is C35H41N3O. The highest BCUT2D eigenvalue weighted by Gasteiger charge is 2.23. The average Bonchev–Trinajstić information content (AvgIpc) is 2.94. The van der Waals surface area contributed by atoms with Crippen LogP contribution in [0.4, 0.5) is 10.5 Å². The molecule has 1 unspecified atom stereocenters. The molecule has 4 heteroatoms. The highest BCUT2D eigenvalue weighted by Crippen LogP contribution is 2.32. The number of hydrogen-bond donors (Lipinski definition) is 2. The van der Waals surface area contributed by atoms with Crippen LogP contribution in [-0.4, -0.2) is 17.5 Å². The van der Waals surface area contributed by atoms with Crippen molar-refractivity contribution in [3.8, 4) is 0 Å². The topological polar surface area (TPSA) is 44.4 Å². The molecule has 4 nitrogen and oxygen atoms in total. The summed E-state index contributed by atoms with van der Waals surface area (Å²) in [7, 11) is 0. The van der Waals surface area contributed by atoms with Gasteiger partial charge < -0.3 is 10.6 Å². The lowest BCUT2D eigenvalue weighted by atomic mass is 9.93. The first-order valence-corrected chi connectivity index (χ1v) is 14.0. The third-order valence-electron chi connectivity index (χ3n) is 7.15. The van der Waals surface area contributed by atoms with Crippen molar-refractivity contribution < 1.29 is 4.79 Å². The van der Waals surface area contributed by atoms with E-state index in [1.165, 1.54) is 16.7 Å². The van der Waals surface area contributed by atoms with E-state index in [2.05, 4.69) is 134 Å². The van der Waals surface area contributed by atoms with E-state index in [1.807, 2.05) is 18.2 Å². The van der Waals surface area contributed by atoms with Gasteiger partial charge in [-0.05, 0) is 39.7 Å². The summed E-state index contributed by atoms with van der Waals surface area (Å²) in [4.78, 5) is 15.8. The Labute approximate surface area is 234 Å². The molecule has 0 saturated heterocycles. The molecule has 0 radical (unpaired) electrons. The third-order valence-corrected chi connectivity index (χ3v) is 7.15. The summed E-state index contributed by atoms with van der Waals surface area (Å²) in [6.07, 6.45) is 0. The van der Waals surface area contributed by atoms with E-state index in [9.17, 15) is 4.79 Å². The number of benzene rings is 4. The average molecular weight is 520 g/mol. The van der Waals surface area contributed by atoms with Crippen molar-refractivity contribution in [2.75, 3.05) is 11.9 Å². The third kappa shape index (κ3) is 7.81. The smallest absolute Gasteiger partial charge is 0.319 e. The minimum atomic E-state index is -0.176. The lowest BCUT2D eigenvalue weighted by molar-refractivity contribution is 0.175. The van der Waals surface area contributed by atoms with Gasteiger partial charge in [0.2, 0.25) is 0 Å². The molecule has 2 amide bonds. The minimum Gasteiger partial charge on any atom is -0.336 e. The van der Waals surface area contributed by atoms with Gasteiger partial charge in [-0.15, -0.1) is 0 Å². The lowest BCUT2D eigenvalue weighted by Crippen LogP contribution is -2.39. The van der Waals surface area contributed by atoms with E-state index in [1.54, 1.807) is 0 Å². The molecule has 0 fully saturated rings. The zero-order valence-corrected chi connectivity index (χ0v) is 23.6. The van der Waals surface area contributed by atoms with E-state index in [-0.39, 0.29) is 12.1 Å². The second-order valence-electron chi connectivity index (χ2n) is 10.8. The van der Waals surface area contributed by atoms with Gasteiger partial charge in [-0.25, -0.2) is 4.79 Å². The maximum absolute atomic E-state index is 13.4. The molecule has 0 saturated carbocycles. The lowest BCUT2D eigenvalue weighted by Gasteiger charge is -2.33. The normalized spacial score (nSPS) is 12.1. The van der Waals surface area contributed by atoms with Crippen molar-refractivity contribution in [1.82, 2.24) is 10.2 Å². The number of carbonyl (C=O) groups is 1. The zero-order chi connectivity index (χ0) is 27.6. The van der Waals surface area contributed by atoms with Crippen LogP contribution in [-0.2, 0) is 13.1 Å². The Morgan fingerprint density at radius 2 is 1.10 bits per heavy atom. The first-order chi connectivity index (χ1) is 18.9. The number of hydrogen-bond acceptors (Lipinski definition) is 2. The number of nitrogens with one attached hydrogen (secondary N) is 2. The van der Waals surface area contributed by atoms with E-state index >= 15 is 0 Å². The highest BCUT2D eigenvalue weighted by molar-refractivity contribution is 5.91. The quantitative estimate of drug-likeness (QED) is 0.209. The van der Waals surface area contributed by atoms with Gasteiger partial charge in [0, 0.05) is 25.3 Å². The van der Waals surface area contributed by atoms with Crippen LogP contribution in [0.2, 0.25) is 0 Å². The first-order valence-electron chi connectivity index (χ1n) is 14.0. The highest BCUT2D eigenvalue weighted by atomic mass is 16.2. The fraction of sp³-hybridized carbons (Fsp3) is 0.286. The zero-order valence-electron chi connectivity index (χ0n) is 23.6. The maximum atomic E-state index is 13.4. The van der Waals surface area contributed by atoms with E-state index in [0.717, 1.165) is 29.9 Å². The van der Waals surface area contributed by atoms with Gasteiger partial charge in [0.15, 0.2) is 0 Å². The maximum Gasteiger partial charge on any atom is 0.319 e. The molecule has 0 aromatic heterocycles. The molecule has 4 rings (SSSR count).